The number of nitrogens with zero attached hydrogens (tertiary/aromatic N) is 1. The fourth-order valence-corrected chi connectivity index (χ4v) is 2.64. The van der Waals surface area contributed by atoms with E-state index in [4.69, 9.17) is 0 Å². The first kappa shape index (κ1) is 15.5. The van der Waals surface area contributed by atoms with Gasteiger partial charge >= 0.3 is 0 Å². The highest BCUT2D eigenvalue weighted by Gasteiger charge is 2.24. The van der Waals surface area contributed by atoms with Gasteiger partial charge in [0.1, 0.15) is 6.04 Å². The second kappa shape index (κ2) is 7.20. The SMILES string of the molecule is Cc1cc(NC(=O)[C@@H](C)NC(=O)C2CCCCC2)ccn1. The van der Waals surface area contributed by atoms with E-state index in [1.807, 2.05) is 6.92 Å². The van der Waals surface area contributed by atoms with Crippen LogP contribution in [0.25, 0.3) is 0 Å². The molecule has 1 atom stereocenters. The van der Waals surface area contributed by atoms with Gasteiger partial charge in [-0.25, -0.2) is 0 Å². The molecule has 0 bridgehead atoms. The van der Waals surface area contributed by atoms with Crippen LogP contribution in [0.3, 0.4) is 0 Å². The number of rotatable bonds is 4. The molecule has 1 aromatic rings. The first-order chi connectivity index (χ1) is 10.1. The maximum absolute atomic E-state index is 12.1. The van der Waals surface area contributed by atoms with Crippen molar-refractivity contribution in [2.24, 2.45) is 5.92 Å². The average molecular weight is 289 g/mol. The Morgan fingerprint density at radius 3 is 2.67 bits per heavy atom. The Labute approximate surface area is 125 Å². The van der Waals surface area contributed by atoms with Gasteiger partial charge in [-0.1, -0.05) is 19.3 Å². The third-order valence-electron chi connectivity index (χ3n) is 3.89. The second-order valence-corrected chi connectivity index (χ2v) is 5.74. The third-order valence-corrected chi connectivity index (χ3v) is 3.89. The van der Waals surface area contributed by atoms with Crippen molar-refractivity contribution in [3.8, 4) is 0 Å². The number of hydrogen-bond acceptors (Lipinski definition) is 3. The lowest BCUT2D eigenvalue weighted by molar-refractivity contribution is -0.129. The van der Waals surface area contributed by atoms with Crippen molar-refractivity contribution in [3.05, 3.63) is 24.0 Å². The Hall–Kier alpha value is -1.91. The van der Waals surface area contributed by atoms with Crippen molar-refractivity contribution >= 4 is 17.5 Å². The molecule has 1 aromatic heterocycles. The fraction of sp³-hybridized carbons (Fsp3) is 0.562. The highest BCUT2D eigenvalue weighted by Crippen LogP contribution is 2.23. The summed E-state index contributed by atoms with van der Waals surface area (Å²) in [4.78, 5) is 28.3. The quantitative estimate of drug-likeness (QED) is 0.894. The summed E-state index contributed by atoms with van der Waals surface area (Å²) in [6.07, 6.45) is 6.94. The van der Waals surface area contributed by atoms with E-state index >= 15 is 0 Å². The number of aryl methyl sites for hydroxylation is 1. The molecule has 114 valence electrons. The molecule has 2 N–H and O–H groups in total. The standard InChI is InChI=1S/C16H23N3O2/c1-11-10-14(8-9-17-11)19-15(20)12(2)18-16(21)13-6-4-3-5-7-13/h8-10,12-13H,3-7H2,1-2H3,(H,18,21)(H,17,19,20)/t12-/m1/s1. The first-order valence-electron chi connectivity index (χ1n) is 7.60. The van der Waals surface area contributed by atoms with Crippen molar-refractivity contribution in [3.63, 3.8) is 0 Å². The van der Waals surface area contributed by atoms with Gasteiger partial charge in [0.15, 0.2) is 0 Å². The second-order valence-electron chi connectivity index (χ2n) is 5.74. The summed E-state index contributed by atoms with van der Waals surface area (Å²) in [5.41, 5.74) is 1.54. The van der Waals surface area contributed by atoms with E-state index < -0.39 is 6.04 Å². The molecule has 1 heterocycles. The minimum Gasteiger partial charge on any atom is -0.344 e. The molecule has 0 aliphatic heterocycles. The number of hydrogen-bond donors (Lipinski definition) is 2. The summed E-state index contributed by atoms with van der Waals surface area (Å²) in [6, 6.07) is 3.00. The molecule has 21 heavy (non-hydrogen) atoms. The highest BCUT2D eigenvalue weighted by molar-refractivity contribution is 5.97. The molecule has 5 nitrogen and oxygen atoms in total. The Kier molecular flexibility index (Phi) is 5.31. The molecule has 1 aliphatic carbocycles. The summed E-state index contributed by atoms with van der Waals surface area (Å²) < 4.78 is 0. The molecule has 1 aliphatic rings. The van der Waals surface area contributed by atoms with E-state index in [1.54, 1.807) is 25.3 Å². The van der Waals surface area contributed by atoms with Crippen LogP contribution in [0.4, 0.5) is 5.69 Å². The maximum Gasteiger partial charge on any atom is 0.246 e. The Bertz CT molecular complexity index is 510. The number of amides is 2. The number of carbonyl (C=O) groups is 2. The number of aromatic nitrogens is 1. The van der Waals surface area contributed by atoms with Gasteiger partial charge in [0.05, 0.1) is 0 Å². The van der Waals surface area contributed by atoms with Crippen molar-refractivity contribution in [2.75, 3.05) is 5.32 Å². The summed E-state index contributed by atoms with van der Waals surface area (Å²) in [5.74, 6) is -0.134. The molecule has 2 rings (SSSR count). The molecule has 1 saturated carbocycles. The van der Waals surface area contributed by atoms with Crippen LogP contribution in [-0.2, 0) is 9.59 Å². The fourth-order valence-electron chi connectivity index (χ4n) is 2.64. The van der Waals surface area contributed by atoms with E-state index in [2.05, 4.69) is 15.6 Å². The van der Waals surface area contributed by atoms with Gasteiger partial charge in [-0.05, 0) is 38.8 Å². The van der Waals surface area contributed by atoms with Crippen LogP contribution >= 0.6 is 0 Å². The molecule has 0 unspecified atom stereocenters. The predicted molar refractivity (Wildman–Crippen MR) is 81.8 cm³/mol. The maximum atomic E-state index is 12.1. The largest absolute Gasteiger partial charge is 0.344 e. The normalized spacial score (nSPS) is 17.0. The monoisotopic (exact) mass is 289 g/mol. The average Bonchev–Trinajstić information content (AvgIpc) is 2.48. The van der Waals surface area contributed by atoms with Gasteiger partial charge in [-0.2, -0.15) is 0 Å². The first-order valence-corrected chi connectivity index (χ1v) is 7.60. The lowest BCUT2D eigenvalue weighted by atomic mass is 9.88. The van der Waals surface area contributed by atoms with Crippen molar-refractivity contribution in [2.45, 2.75) is 52.0 Å². The number of anilines is 1. The summed E-state index contributed by atoms with van der Waals surface area (Å²) in [6.45, 7) is 3.58. The number of carbonyl (C=O) groups excluding carboxylic acids is 2. The molecule has 0 radical (unpaired) electrons. The van der Waals surface area contributed by atoms with Crippen LogP contribution in [-0.4, -0.2) is 22.8 Å². The molecule has 0 spiro atoms. The molecular weight excluding hydrogens is 266 g/mol. The van der Waals surface area contributed by atoms with Crippen molar-refractivity contribution in [1.82, 2.24) is 10.3 Å². The number of nitrogens with one attached hydrogen (secondary N) is 2. The van der Waals surface area contributed by atoms with Gasteiger partial charge in [0, 0.05) is 23.5 Å². The van der Waals surface area contributed by atoms with E-state index in [0.717, 1.165) is 31.4 Å². The van der Waals surface area contributed by atoms with Gasteiger partial charge in [0.2, 0.25) is 11.8 Å². The van der Waals surface area contributed by atoms with Crippen molar-refractivity contribution < 1.29 is 9.59 Å². The molecular formula is C16H23N3O2. The van der Waals surface area contributed by atoms with Gasteiger partial charge in [0.25, 0.3) is 0 Å². The Morgan fingerprint density at radius 2 is 2.00 bits per heavy atom. The third kappa shape index (κ3) is 4.55. The topological polar surface area (TPSA) is 71.1 Å². The van der Waals surface area contributed by atoms with E-state index in [0.29, 0.717) is 5.69 Å². The lowest BCUT2D eigenvalue weighted by Gasteiger charge is -2.23. The number of pyridine rings is 1. The van der Waals surface area contributed by atoms with Gasteiger partial charge < -0.3 is 10.6 Å². The molecule has 1 fully saturated rings. The van der Waals surface area contributed by atoms with Crippen molar-refractivity contribution in [1.29, 1.82) is 0 Å². The summed E-state index contributed by atoms with van der Waals surface area (Å²) in [5, 5.41) is 5.61. The Balaban J connectivity index is 1.85. The van der Waals surface area contributed by atoms with Crippen LogP contribution in [0.15, 0.2) is 18.3 Å². The van der Waals surface area contributed by atoms with E-state index in [-0.39, 0.29) is 17.7 Å². The van der Waals surface area contributed by atoms with E-state index in [9.17, 15) is 9.59 Å². The summed E-state index contributed by atoms with van der Waals surface area (Å²) in [7, 11) is 0. The zero-order valence-electron chi connectivity index (χ0n) is 12.7. The van der Waals surface area contributed by atoms with Crippen LogP contribution in [0.5, 0.6) is 0 Å². The van der Waals surface area contributed by atoms with E-state index in [1.165, 1.54) is 6.42 Å². The smallest absolute Gasteiger partial charge is 0.246 e. The zero-order chi connectivity index (χ0) is 15.2. The minimum absolute atomic E-state index is 0.00302. The molecule has 5 heteroatoms. The Morgan fingerprint density at radius 1 is 1.29 bits per heavy atom. The van der Waals surface area contributed by atoms with Crippen LogP contribution in [0, 0.1) is 12.8 Å². The van der Waals surface area contributed by atoms with Crippen LogP contribution in [0.1, 0.15) is 44.7 Å². The molecule has 2 amide bonds. The van der Waals surface area contributed by atoms with Gasteiger partial charge in [-0.3, -0.25) is 14.6 Å². The predicted octanol–water partition coefficient (Wildman–Crippen LogP) is 2.41. The van der Waals surface area contributed by atoms with Crippen LogP contribution in [0.2, 0.25) is 0 Å². The minimum atomic E-state index is -0.534. The van der Waals surface area contributed by atoms with Crippen LogP contribution < -0.4 is 10.6 Å². The highest BCUT2D eigenvalue weighted by atomic mass is 16.2. The lowest BCUT2D eigenvalue weighted by Crippen LogP contribution is -2.44. The molecule has 0 saturated heterocycles. The zero-order valence-corrected chi connectivity index (χ0v) is 12.7. The molecule has 0 aromatic carbocycles. The van der Waals surface area contributed by atoms with Gasteiger partial charge in [-0.15, -0.1) is 0 Å². The summed E-state index contributed by atoms with van der Waals surface area (Å²) >= 11 is 0.